The lowest BCUT2D eigenvalue weighted by Gasteiger charge is -2.39. The zero-order valence-electron chi connectivity index (χ0n) is 29.3. The van der Waals surface area contributed by atoms with E-state index in [-0.39, 0.29) is 18.9 Å². The molecule has 0 aliphatic carbocycles. The number of fused-ring (bicyclic) bond motifs is 2. The van der Waals surface area contributed by atoms with E-state index < -0.39 is 72.2 Å². The molecule has 1 N–H and O–H groups in total. The van der Waals surface area contributed by atoms with E-state index in [9.17, 15) is 14.7 Å². The van der Waals surface area contributed by atoms with Crippen LogP contribution in [0.5, 0.6) is 0 Å². The van der Waals surface area contributed by atoms with Crippen molar-refractivity contribution in [2.75, 3.05) is 25.1 Å². The predicted octanol–water partition coefficient (Wildman–Crippen LogP) is 5.35. The fourth-order valence-corrected chi connectivity index (χ4v) is 8.65. The molecule has 2 saturated heterocycles. The summed E-state index contributed by atoms with van der Waals surface area (Å²) < 4.78 is 13.0. The number of rotatable bonds is 5. The number of anilines is 1. The van der Waals surface area contributed by atoms with Gasteiger partial charge in [-0.15, -0.1) is 0 Å². The first-order valence-corrected chi connectivity index (χ1v) is 18.0. The molecule has 10 nitrogen and oxygen atoms in total. The SMILES string of the molecule is Cc1cccc(Cl)c1N1C/C=C\CCC(=O)N(C)[C@H](C)[C@@H](c2ccccc2)OC(=O)[C@@H]2[C@@H]3C=C[C@]4(O3)[C@H](C1=O)N([C@H](CO)c1ccccc1)C(=O)[C@@H]24. The molecule has 52 heavy (non-hydrogen) atoms. The van der Waals surface area contributed by atoms with Crippen molar-refractivity contribution in [3.8, 4) is 0 Å². The number of hydrogen-bond donors (Lipinski definition) is 1. The normalized spacial score (nSPS) is 30.4. The van der Waals surface area contributed by atoms with Gasteiger partial charge in [-0.1, -0.05) is 109 Å². The molecule has 8 atom stereocenters. The molecular weight excluding hydrogens is 682 g/mol. The summed E-state index contributed by atoms with van der Waals surface area (Å²) in [7, 11) is 1.69. The maximum Gasteiger partial charge on any atom is 0.313 e. The Bertz CT molecular complexity index is 1900. The number of aryl methyl sites for hydroxylation is 1. The van der Waals surface area contributed by atoms with Crippen LogP contribution >= 0.6 is 11.6 Å². The standard InChI is InChI=1S/C41H42ClN3O7/c1-25-14-13-19-29(42)35(25)44-23-12-6-11-20-32(47)43(3)26(2)36(28-17-9-5-10-18-28)51-40(50)33-31-21-22-41(52-31)34(33)38(48)45(37(41)39(44)49)30(24-46)27-15-7-4-8-16-27/h4-10,12-19,21-22,26,30-31,33-34,36-37,46H,11,20,23-24H2,1-3H3/b12-6-/t26-,30-,31+,33-,34-,36+,37+,41-/m1/s1. The Labute approximate surface area is 308 Å². The molecule has 4 aliphatic rings. The van der Waals surface area contributed by atoms with Gasteiger partial charge in [-0.05, 0) is 43.0 Å². The van der Waals surface area contributed by atoms with Crippen LogP contribution in [0.2, 0.25) is 5.02 Å². The summed E-state index contributed by atoms with van der Waals surface area (Å²) in [6.07, 6.45) is 6.02. The fourth-order valence-electron chi connectivity index (χ4n) is 8.33. The Morgan fingerprint density at radius 2 is 1.65 bits per heavy atom. The van der Waals surface area contributed by atoms with E-state index >= 15 is 9.59 Å². The van der Waals surface area contributed by atoms with Gasteiger partial charge in [0.15, 0.2) is 0 Å². The number of likely N-dealkylation sites (N-methyl/N-ethyl adjacent to an activating group) is 1. The van der Waals surface area contributed by atoms with E-state index in [1.807, 2.05) is 68.5 Å². The Kier molecular flexibility index (Phi) is 9.82. The van der Waals surface area contributed by atoms with E-state index in [2.05, 4.69) is 0 Å². The Balaban J connectivity index is 1.40. The van der Waals surface area contributed by atoms with E-state index in [1.54, 1.807) is 60.5 Å². The third-order valence-electron chi connectivity index (χ3n) is 11.0. The fraction of sp³-hybridized carbons (Fsp3) is 0.366. The van der Waals surface area contributed by atoms with Crippen molar-refractivity contribution < 1.29 is 33.8 Å². The van der Waals surface area contributed by atoms with Crippen molar-refractivity contribution >= 4 is 41.0 Å². The van der Waals surface area contributed by atoms with Gasteiger partial charge in [-0.2, -0.15) is 0 Å². The monoisotopic (exact) mass is 723 g/mol. The average molecular weight is 724 g/mol. The van der Waals surface area contributed by atoms with E-state index in [1.165, 1.54) is 9.80 Å². The largest absolute Gasteiger partial charge is 0.455 e. The van der Waals surface area contributed by atoms with Crippen molar-refractivity contribution in [3.05, 3.63) is 125 Å². The number of hydrogen-bond acceptors (Lipinski definition) is 7. The summed E-state index contributed by atoms with van der Waals surface area (Å²) in [6.45, 7) is 3.27. The molecule has 0 saturated carbocycles. The van der Waals surface area contributed by atoms with Gasteiger partial charge in [-0.3, -0.25) is 19.2 Å². The maximum absolute atomic E-state index is 15.4. The Morgan fingerprint density at radius 3 is 2.35 bits per heavy atom. The number of nitrogens with zero attached hydrogens (tertiary/aromatic N) is 3. The molecule has 0 radical (unpaired) electrons. The molecule has 5 bridgehead atoms. The van der Waals surface area contributed by atoms with E-state index in [0.29, 0.717) is 28.3 Å². The number of carbonyl (C=O) groups excluding carboxylic acids is 4. The number of allylic oxidation sites excluding steroid dienone is 1. The van der Waals surface area contributed by atoms with Gasteiger partial charge in [0.1, 0.15) is 23.7 Å². The summed E-state index contributed by atoms with van der Waals surface area (Å²) in [4.78, 5) is 62.9. The van der Waals surface area contributed by atoms with Crippen LogP contribution in [0, 0.1) is 18.8 Å². The molecule has 3 aromatic rings. The number of likely N-dealkylation sites (tertiary alicyclic amines) is 1. The molecule has 3 aromatic carbocycles. The number of halogens is 1. The minimum absolute atomic E-state index is 0.0763. The van der Waals surface area contributed by atoms with Crippen molar-refractivity contribution in [1.29, 1.82) is 0 Å². The van der Waals surface area contributed by atoms with Crippen LogP contribution < -0.4 is 4.90 Å². The number of carbonyl (C=O) groups is 4. The maximum atomic E-state index is 15.4. The predicted molar refractivity (Wildman–Crippen MR) is 195 cm³/mol. The average Bonchev–Trinajstić information content (AvgIpc) is 3.80. The van der Waals surface area contributed by atoms with E-state index in [0.717, 1.165) is 5.56 Å². The molecular formula is C41H42ClN3O7. The summed E-state index contributed by atoms with van der Waals surface area (Å²) in [6, 6.07) is 20.8. The van der Waals surface area contributed by atoms with Crippen molar-refractivity contribution in [1.82, 2.24) is 9.80 Å². The first-order valence-electron chi connectivity index (χ1n) is 17.7. The second-order valence-electron chi connectivity index (χ2n) is 13.9. The molecule has 11 heteroatoms. The molecule has 0 unspecified atom stereocenters. The van der Waals surface area contributed by atoms with Gasteiger partial charge in [0.05, 0.1) is 41.4 Å². The number of esters is 1. The van der Waals surface area contributed by atoms with Crippen LogP contribution in [0.3, 0.4) is 0 Å². The third kappa shape index (κ3) is 5.92. The van der Waals surface area contributed by atoms with Crippen LogP contribution in [0.1, 0.15) is 48.6 Å². The topological polar surface area (TPSA) is 117 Å². The highest BCUT2D eigenvalue weighted by Gasteiger charge is 2.74. The molecule has 0 aromatic heterocycles. The second-order valence-corrected chi connectivity index (χ2v) is 14.3. The van der Waals surface area contributed by atoms with Gasteiger partial charge in [-0.25, -0.2) is 0 Å². The van der Waals surface area contributed by atoms with Crippen LogP contribution in [0.4, 0.5) is 5.69 Å². The van der Waals surface area contributed by atoms with E-state index in [4.69, 9.17) is 21.1 Å². The number of aliphatic hydroxyl groups excluding tert-OH is 1. The lowest BCUT2D eigenvalue weighted by molar-refractivity contribution is -0.164. The first kappa shape index (κ1) is 35.6. The highest BCUT2D eigenvalue weighted by molar-refractivity contribution is 6.34. The zero-order valence-corrected chi connectivity index (χ0v) is 30.1. The minimum atomic E-state index is -1.55. The van der Waals surface area contributed by atoms with Crippen LogP contribution in [-0.2, 0) is 28.7 Å². The number of cyclic esters (lactones) is 1. The number of aliphatic hydroxyl groups is 1. The summed E-state index contributed by atoms with van der Waals surface area (Å²) in [5, 5.41) is 11.3. The summed E-state index contributed by atoms with van der Waals surface area (Å²) in [5.74, 6) is -4.03. The van der Waals surface area contributed by atoms with Crippen molar-refractivity contribution in [2.45, 2.75) is 62.6 Å². The number of amides is 3. The quantitative estimate of drug-likeness (QED) is 0.279. The molecule has 7 rings (SSSR count). The highest BCUT2D eigenvalue weighted by atomic mass is 35.5. The zero-order chi connectivity index (χ0) is 36.7. The first-order chi connectivity index (χ1) is 25.1. The van der Waals surface area contributed by atoms with Gasteiger partial charge in [0.25, 0.3) is 5.91 Å². The van der Waals surface area contributed by atoms with Gasteiger partial charge in [0, 0.05) is 20.0 Å². The van der Waals surface area contributed by atoms with Crippen molar-refractivity contribution in [3.63, 3.8) is 0 Å². The van der Waals surface area contributed by atoms with Crippen LogP contribution in [-0.4, -0.2) is 82.6 Å². The Hall–Kier alpha value is -4.77. The lowest BCUT2D eigenvalue weighted by atomic mass is 9.74. The third-order valence-corrected chi connectivity index (χ3v) is 11.3. The van der Waals surface area contributed by atoms with Crippen molar-refractivity contribution in [2.24, 2.45) is 11.8 Å². The molecule has 270 valence electrons. The molecule has 4 heterocycles. The number of para-hydroxylation sites is 1. The number of benzene rings is 3. The molecule has 1 spiro atoms. The smallest absolute Gasteiger partial charge is 0.313 e. The molecule has 4 aliphatic heterocycles. The highest BCUT2D eigenvalue weighted by Crippen LogP contribution is 2.57. The van der Waals surface area contributed by atoms with Crippen LogP contribution in [0.25, 0.3) is 0 Å². The second kappa shape index (κ2) is 14.3. The molecule has 3 amide bonds. The van der Waals surface area contributed by atoms with Gasteiger partial charge in [0.2, 0.25) is 11.8 Å². The van der Waals surface area contributed by atoms with Gasteiger partial charge >= 0.3 is 5.97 Å². The lowest BCUT2D eigenvalue weighted by Crippen LogP contribution is -2.57. The van der Waals surface area contributed by atoms with Crippen LogP contribution in [0.15, 0.2) is 103 Å². The Morgan fingerprint density at radius 1 is 0.942 bits per heavy atom. The number of ether oxygens (including phenoxy) is 2. The summed E-state index contributed by atoms with van der Waals surface area (Å²) >= 11 is 6.80. The minimum Gasteiger partial charge on any atom is -0.455 e. The molecule has 2 fully saturated rings. The van der Waals surface area contributed by atoms with Gasteiger partial charge < -0.3 is 29.3 Å². The summed E-state index contributed by atoms with van der Waals surface area (Å²) in [5.41, 5.74) is 0.970.